The Morgan fingerprint density at radius 1 is 1.06 bits per heavy atom. The molecule has 1 heterocycles. The van der Waals surface area contributed by atoms with Gasteiger partial charge in [-0.25, -0.2) is 0 Å². The first kappa shape index (κ1) is 11.3. The highest BCUT2D eigenvalue weighted by molar-refractivity contribution is 9.10. The van der Waals surface area contributed by atoms with Crippen LogP contribution in [0.4, 0.5) is 0 Å². The van der Waals surface area contributed by atoms with Gasteiger partial charge in [-0.3, -0.25) is 4.98 Å². The average Bonchev–Trinajstić information content (AvgIpc) is 2.30. The van der Waals surface area contributed by atoms with Gasteiger partial charge in [-0.2, -0.15) is 0 Å². The fourth-order valence-corrected chi connectivity index (χ4v) is 2.02. The Bertz CT molecular complexity index is 443. The summed E-state index contributed by atoms with van der Waals surface area (Å²) in [4.78, 5) is 4.29. The lowest BCUT2D eigenvalue weighted by atomic mass is 10.2. The average molecular weight is 278 g/mol. The van der Waals surface area contributed by atoms with Crippen molar-refractivity contribution >= 4 is 15.9 Å². The lowest BCUT2D eigenvalue weighted by Gasteiger charge is -2.02. The van der Waals surface area contributed by atoms with Gasteiger partial charge in [0, 0.05) is 16.2 Å². The van der Waals surface area contributed by atoms with E-state index in [1.165, 1.54) is 5.56 Å². The van der Waals surface area contributed by atoms with Crippen molar-refractivity contribution < 1.29 is 5.32 Å². The minimum Gasteiger partial charge on any atom is -0.337 e. The van der Waals surface area contributed by atoms with E-state index in [1.807, 2.05) is 24.4 Å². The van der Waals surface area contributed by atoms with Crippen molar-refractivity contribution in [3.63, 3.8) is 0 Å². The molecule has 0 unspecified atom stereocenters. The molecule has 0 radical (unpaired) electrons. The smallest absolute Gasteiger partial charge is 0.119 e. The largest absolute Gasteiger partial charge is 0.337 e. The van der Waals surface area contributed by atoms with E-state index < -0.39 is 0 Å². The van der Waals surface area contributed by atoms with E-state index in [1.54, 1.807) is 0 Å². The fraction of sp³-hybridized carbons (Fsp3) is 0.154. The number of hydrogen-bond acceptors (Lipinski definition) is 1. The van der Waals surface area contributed by atoms with Crippen LogP contribution in [0.1, 0.15) is 11.3 Å². The second-order valence-electron chi connectivity index (χ2n) is 3.65. The third-order valence-corrected chi connectivity index (χ3v) is 2.84. The molecule has 0 fully saturated rings. The maximum atomic E-state index is 4.29. The highest BCUT2D eigenvalue weighted by atomic mass is 79.9. The molecule has 0 aliphatic rings. The number of nitrogens with zero attached hydrogens (tertiary/aromatic N) is 1. The van der Waals surface area contributed by atoms with Crippen LogP contribution in [0, 0.1) is 0 Å². The van der Waals surface area contributed by atoms with Crippen molar-refractivity contribution in [3.05, 3.63) is 64.4 Å². The Balaban J connectivity index is 1.85. The van der Waals surface area contributed by atoms with E-state index in [9.17, 15) is 0 Å². The molecule has 2 rings (SSSR count). The zero-order chi connectivity index (χ0) is 11.2. The predicted octanol–water partition coefficient (Wildman–Crippen LogP) is 2.11. The van der Waals surface area contributed by atoms with Crippen LogP contribution in [-0.4, -0.2) is 4.98 Å². The molecule has 0 bridgehead atoms. The number of pyridine rings is 1. The van der Waals surface area contributed by atoms with Gasteiger partial charge in [0.2, 0.25) is 0 Å². The molecule has 0 aliphatic carbocycles. The predicted molar refractivity (Wildman–Crippen MR) is 67.7 cm³/mol. The number of halogens is 1. The summed E-state index contributed by atoms with van der Waals surface area (Å²) in [5.41, 5.74) is 2.45. The van der Waals surface area contributed by atoms with Crippen LogP contribution < -0.4 is 5.32 Å². The number of benzene rings is 1. The first-order valence-corrected chi connectivity index (χ1v) is 6.10. The van der Waals surface area contributed by atoms with E-state index in [0.717, 1.165) is 23.3 Å². The summed E-state index contributed by atoms with van der Waals surface area (Å²) in [5.74, 6) is 0. The van der Waals surface area contributed by atoms with Gasteiger partial charge >= 0.3 is 0 Å². The monoisotopic (exact) mass is 277 g/mol. The lowest BCUT2D eigenvalue weighted by Crippen LogP contribution is -2.80. The number of nitrogens with two attached hydrogens (primary N) is 1. The topological polar surface area (TPSA) is 29.5 Å². The van der Waals surface area contributed by atoms with Gasteiger partial charge in [-0.15, -0.1) is 0 Å². The second kappa shape index (κ2) is 5.77. The van der Waals surface area contributed by atoms with Gasteiger partial charge in [0.25, 0.3) is 0 Å². The molecular weight excluding hydrogens is 264 g/mol. The molecule has 0 saturated carbocycles. The van der Waals surface area contributed by atoms with E-state index in [4.69, 9.17) is 0 Å². The van der Waals surface area contributed by atoms with Crippen molar-refractivity contribution in [3.8, 4) is 0 Å². The van der Waals surface area contributed by atoms with Crippen molar-refractivity contribution in [1.82, 2.24) is 4.98 Å². The molecule has 16 heavy (non-hydrogen) atoms. The summed E-state index contributed by atoms with van der Waals surface area (Å²) in [6.07, 6.45) is 1.84. The van der Waals surface area contributed by atoms with Gasteiger partial charge < -0.3 is 5.32 Å². The van der Waals surface area contributed by atoms with E-state index >= 15 is 0 Å². The lowest BCUT2D eigenvalue weighted by molar-refractivity contribution is -0.686. The van der Waals surface area contributed by atoms with Crippen LogP contribution in [0.25, 0.3) is 0 Å². The van der Waals surface area contributed by atoms with Crippen LogP contribution in [0.15, 0.2) is 53.1 Å². The Morgan fingerprint density at radius 3 is 2.75 bits per heavy atom. The normalized spacial score (nSPS) is 10.3. The summed E-state index contributed by atoms with van der Waals surface area (Å²) in [6.45, 7) is 1.91. The quantitative estimate of drug-likeness (QED) is 0.912. The molecule has 0 atom stereocenters. The second-order valence-corrected chi connectivity index (χ2v) is 4.56. The third-order valence-electron chi connectivity index (χ3n) is 2.35. The van der Waals surface area contributed by atoms with Gasteiger partial charge in [0.1, 0.15) is 13.1 Å². The SMILES string of the molecule is Brc1cccc(C[NH2+]Cc2ccccn2)c1. The molecule has 1 aromatic carbocycles. The Labute approximate surface area is 104 Å². The molecule has 0 aliphatic heterocycles. The van der Waals surface area contributed by atoms with Gasteiger partial charge in [0.15, 0.2) is 0 Å². The number of aromatic nitrogens is 1. The first-order valence-electron chi connectivity index (χ1n) is 5.30. The van der Waals surface area contributed by atoms with Gasteiger partial charge in [-0.05, 0) is 24.3 Å². The summed E-state index contributed by atoms with van der Waals surface area (Å²) in [7, 11) is 0. The first-order chi connectivity index (χ1) is 7.84. The number of hydrogen-bond donors (Lipinski definition) is 1. The summed E-state index contributed by atoms with van der Waals surface area (Å²) < 4.78 is 1.14. The van der Waals surface area contributed by atoms with Crippen LogP contribution in [0.5, 0.6) is 0 Å². The van der Waals surface area contributed by atoms with Crippen LogP contribution >= 0.6 is 15.9 Å². The minimum absolute atomic E-state index is 0.924. The maximum absolute atomic E-state index is 4.29. The maximum Gasteiger partial charge on any atom is 0.119 e. The van der Waals surface area contributed by atoms with E-state index in [-0.39, 0.29) is 0 Å². The molecule has 3 heteroatoms. The molecule has 0 amide bonds. The van der Waals surface area contributed by atoms with Crippen molar-refractivity contribution in [1.29, 1.82) is 0 Å². The molecular formula is C13H14BrN2+. The Kier molecular flexibility index (Phi) is 4.08. The minimum atomic E-state index is 0.924. The third kappa shape index (κ3) is 3.43. The van der Waals surface area contributed by atoms with Crippen LogP contribution in [0.3, 0.4) is 0 Å². The van der Waals surface area contributed by atoms with Gasteiger partial charge in [-0.1, -0.05) is 34.1 Å². The van der Waals surface area contributed by atoms with Crippen molar-refractivity contribution in [2.75, 3.05) is 0 Å². The zero-order valence-electron chi connectivity index (χ0n) is 8.94. The number of rotatable bonds is 4. The summed E-state index contributed by atoms with van der Waals surface area (Å²) >= 11 is 3.47. The van der Waals surface area contributed by atoms with Gasteiger partial charge in [0.05, 0.1) is 5.69 Å². The van der Waals surface area contributed by atoms with E-state index in [0.29, 0.717) is 0 Å². The van der Waals surface area contributed by atoms with E-state index in [2.05, 4.69) is 50.5 Å². The standard InChI is InChI=1S/C13H13BrN2/c14-12-5-3-4-11(8-12)9-15-10-13-6-1-2-7-16-13/h1-8,15H,9-10H2/p+1. The summed E-state index contributed by atoms with van der Waals surface area (Å²) in [5, 5.41) is 2.25. The Morgan fingerprint density at radius 2 is 2.00 bits per heavy atom. The highest BCUT2D eigenvalue weighted by Gasteiger charge is 1.98. The molecule has 82 valence electrons. The fourth-order valence-electron chi connectivity index (χ4n) is 1.57. The number of quaternary nitrogens is 1. The molecule has 0 saturated heterocycles. The molecule has 0 spiro atoms. The zero-order valence-corrected chi connectivity index (χ0v) is 10.5. The summed E-state index contributed by atoms with van der Waals surface area (Å²) in [6, 6.07) is 14.4. The van der Waals surface area contributed by atoms with Crippen molar-refractivity contribution in [2.45, 2.75) is 13.1 Å². The van der Waals surface area contributed by atoms with Crippen LogP contribution in [-0.2, 0) is 13.1 Å². The van der Waals surface area contributed by atoms with Crippen molar-refractivity contribution in [2.24, 2.45) is 0 Å². The van der Waals surface area contributed by atoms with Crippen LogP contribution in [0.2, 0.25) is 0 Å². The molecule has 2 aromatic rings. The highest BCUT2D eigenvalue weighted by Crippen LogP contribution is 2.10. The molecule has 1 aromatic heterocycles. The molecule has 2 nitrogen and oxygen atoms in total. The Hall–Kier alpha value is -1.19. The molecule has 2 N–H and O–H groups in total.